The lowest BCUT2D eigenvalue weighted by Gasteiger charge is -2.17. The highest BCUT2D eigenvalue weighted by atomic mass is 19.1. The topological polar surface area (TPSA) is 98.3 Å². The minimum atomic E-state index is -0.871. The van der Waals surface area contributed by atoms with Crippen molar-refractivity contribution >= 4 is 12.0 Å². The first-order valence-corrected chi connectivity index (χ1v) is 8.46. The molecule has 140 valence electrons. The molecule has 2 amide bonds. The van der Waals surface area contributed by atoms with Gasteiger partial charge in [-0.1, -0.05) is 12.1 Å². The van der Waals surface area contributed by atoms with Gasteiger partial charge < -0.3 is 15.3 Å². The number of aromatic amines is 1. The number of benzene rings is 1. The standard InChI is InChI=1S/C18H23FN4O3/c1-23(18(26)20-9-3-8-17(24)25)10-4-7-15-12-16(22-21-15)13-5-2-6-14(19)11-13/h2,5-6,11-12H,3-4,7-10H2,1H3,(H,20,26)(H,21,22)(H,24,25). The average Bonchev–Trinajstić information content (AvgIpc) is 3.07. The van der Waals surface area contributed by atoms with Gasteiger partial charge in [-0.2, -0.15) is 5.10 Å². The molecule has 0 bridgehead atoms. The Kier molecular flexibility index (Phi) is 7.13. The number of aromatic nitrogens is 2. The van der Waals surface area contributed by atoms with E-state index in [1.807, 2.05) is 6.07 Å². The molecular weight excluding hydrogens is 339 g/mol. The van der Waals surface area contributed by atoms with Crippen LogP contribution in [0.2, 0.25) is 0 Å². The fourth-order valence-corrected chi connectivity index (χ4v) is 2.46. The number of urea groups is 1. The van der Waals surface area contributed by atoms with Gasteiger partial charge in [0.15, 0.2) is 0 Å². The number of aliphatic carboxylic acids is 1. The number of carboxylic acids is 1. The number of hydrogen-bond donors (Lipinski definition) is 3. The minimum Gasteiger partial charge on any atom is -0.481 e. The van der Waals surface area contributed by atoms with E-state index in [0.717, 1.165) is 12.1 Å². The molecule has 8 heteroatoms. The zero-order valence-corrected chi connectivity index (χ0v) is 14.7. The molecular formula is C18H23FN4O3. The number of carboxylic acid groups (broad SMARTS) is 1. The van der Waals surface area contributed by atoms with Gasteiger partial charge in [-0.25, -0.2) is 9.18 Å². The number of carbonyl (C=O) groups is 2. The molecule has 1 aromatic heterocycles. The molecule has 0 atom stereocenters. The van der Waals surface area contributed by atoms with E-state index in [4.69, 9.17) is 5.11 Å². The third kappa shape index (κ3) is 6.19. The molecule has 2 aromatic rings. The summed E-state index contributed by atoms with van der Waals surface area (Å²) in [4.78, 5) is 23.8. The van der Waals surface area contributed by atoms with E-state index in [1.165, 1.54) is 12.1 Å². The van der Waals surface area contributed by atoms with Crippen molar-refractivity contribution in [1.29, 1.82) is 0 Å². The number of nitrogens with one attached hydrogen (secondary N) is 2. The molecule has 0 aliphatic heterocycles. The molecule has 0 saturated heterocycles. The number of carbonyl (C=O) groups excluding carboxylic acids is 1. The highest BCUT2D eigenvalue weighted by molar-refractivity contribution is 5.73. The highest BCUT2D eigenvalue weighted by Crippen LogP contribution is 2.19. The summed E-state index contributed by atoms with van der Waals surface area (Å²) < 4.78 is 13.3. The van der Waals surface area contributed by atoms with E-state index in [1.54, 1.807) is 24.1 Å². The molecule has 0 saturated carbocycles. The maximum absolute atomic E-state index is 13.3. The molecule has 0 radical (unpaired) electrons. The van der Waals surface area contributed by atoms with Gasteiger partial charge in [0, 0.05) is 37.8 Å². The number of halogens is 1. The molecule has 0 aliphatic carbocycles. The SMILES string of the molecule is CN(CCCc1cc(-c2cccc(F)c2)n[nH]1)C(=O)NCCCC(=O)O. The maximum atomic E-state index is 13.3. The third-order valence-electron chi connectivity index (χ3n) is 3.88. The summed E-state index contributed by atoms with van der Waals surface area (Å²) in [5.74, 6) is -1.17. The van der Waals surface area contributed by atoms with E-state index in [0.29, 0.717) is 37.2 Å². The van der Waals surface area contributed by atoms with Crippen molar-refractivity contribution in [2.45, 2.75) is 25.7 Å². The van der Waals surface area contributed by atoms with Crippen LogP contribution in [0.5, 0.6) is 0 Å². The van der Waals surface area contributed by atoms with Crippen LogP contribution in [0, 0.1) is 5.82 Å². The number of aryl methyl sites for hydroxylation is 1. The lowest BCUT2D eigenvalue weighted by atomic mass is 10.1. The van der Waals surface area contributed by atoms with E-state index in [-0.39, 0.29) is 18.3 Å². The molecule has 0 spiro atoms. The number of amides is 2. The minimum absolute atomic E-state index is 0.0392. The van der Waals surface area contributed by atoms with Crippen LogP contribution in [0.1, 0.15) is 25.0 Å². The van der Waals surface area contributed by atoms with Crippen LogP contribution in [-0.4, -0.2) is 52.3 Å². The highest BCUT2D eigenvalue weighted by Gasteiger charge is 2.09. The van der Waals surface area contributed by atoms with Gasteiger partial charge >= 0.3 is 12.0 Å². The predicted molar refractivity (Wildman–Crippen MR) is 95.2 cm³/mol. The van der Waals surface area contributed by atoms with E-state index in [9.17, 15) is 14.0 Å². The van der Waals surface area contributed by atoms with E-state index >= 15 is 0 Å². The molecule has 0 unspecified atom stereocenters. The summed E-state index contributed by atoms with van der Waals surface area (Å²) >= 11 is 0. The Morgan fingerprint density at radius 1 is 1.31 bits per heavy atom. The molecule has 1 heterocycles. The summed E-state index contributed by atoms with van der Waals surface area (Å²) in [6, 6.07) is 7.91. The summed E-state index contributed by atoms with van der Waals surface area (Å²) in [5, 5.41) is 18.4. The van der Waals surface area contributed by atoms with Crippen molar-refractivity contribution in [2.75, 3.05) is 20.1 Å². The Balaban J connectivity index is 1.72. The predicted octanol–water partition coefficient (Wildman–Crippen LogP) is 2.65. The van der Waals surface area contributed by atoms with Gasteiger partial charge in [-0.3, -0.25) is 9.89 Å². The molecule has 0 aliphatic rings. The summed E-state index contributed by atoms with van der Waals surface area (Å²) in [6.07, 6.45) is 1.90. The van der Waals surface area contributed by atoms with Crippen LogP contribution in [0.15, 0.2) is 30.3 Å². The molecule has 1 aromatic carbocycles. The fourth-order valence-electron chi connectivity index (χ4n) is 2.46. The second-order valence-electron chi connectivity index (χ2n) is 6.04. The van der Waals surface area contributed by atoms with Gasteiger partial charge in [-0.15, -0.1) is 0 Å². The van der Waals surface area contributed by atoms with Gasteiger partial charge in [0.25, 0.3) is 0 Å². The average molecular weight is 362 g/mol. The van der Waals surface area contributed by atoms with Crippen LogP contribution < -0.4 is 5.32 Å². The summed E-state index contributed by atoms with van der Waals surface area (Å²) in [5.41, 5.74) is 2.31. The Labute approximate surface area is 151 Å². The molecule has 7 nitrogen and oxygen atoms in total. The van der Waals surface area contributed by atoms with Crippen LogP contribution in [-0.2, 0) is 11.2 Å². The lowest BCUT2D eigenvalue weighted by molar-refractivity contribution is -0.137. The van der Waals surface area contributed by atoms with Crippen molar-refractivity contribution in [3.63, 3.8) is 0 Å². The van der Waals surface area contributed by atoms with Crippen LogP contribution in [0.3, 0.4) is 0 Å². The van der Waals surface area contributed by atoms with Crippen LogP contribution >= 0.6 is 0 Å². The van der Waals surface area contributed by atoms with Crippen LogP contribution in [0.4, 0.5) is 9.18 Å². The zero-order chi connectivity index (χ0) is 18.9. The largest absolute Gasteiger partial charge is 0.481 e. The number of rotatable bonds is 9. The van der Waals surface area contributed by atoms with Crippen molar-refractivity contribution < 1.29 is 19.1 Å². The van der Waals surface area contributed by atoms with Gasteiger partial charge in [0.05, 0.1) is 5.69 Å². The first kappa shape index (κ1) is 19.4. The number of H-pyrrole nitrogens is 1. The summed E-state index contributed by atoms with van der Waals surface area (Å²) in [7, 11) is 1.69. The molecule has 0 fully saturated rings. The first-order chi connectivity index (χ1) is 12.5. The zero-order valence-electron chi connectivity index (χ0n) is 14.7. The van der Waals surface area contributed by atoms with Gasteiger partial charge in [0.1, 0.15) is 5.82 Å². The number of hydrogen-bond acceptors (Lipinski definition) is 3. The van der Waals surface area contributed by atoms with Crippen molar-refractivity contribution in [3.05, 3.63) is 41.8 Å². The Hall–Kier alpha value is -2.90. The Bertz CT molecular complexity index is 748. The van der Waals surface area contributed by atoms with E-state index in [2.05, 4.69) is 15.5 Å². The molecule has 2 rings (SSSR count). The first-order valence-electron chi connectivity index (χ1n) is 8.46. The van der Waals surface area contributed by atoms with Gasteiger partial charge in [-0.05, 0) is 37.5 Å². The Morgan fingerprint density at radius 3 is 2.85 bits per heavy atom. The third-order valence-corrected chi connectivity index (χ3v) is 3.88. The fraction of sp³-hybridized carbons (Fsp3) is 0.389. The lowest BCUT2D eigenvalue weighted by Crippen LogP contribution is -2.38. The van der Waals surface area contributed by atoms with Crippen molar-refractivity contribution in [1.82, 2.24) is 20.4 Å². The molecule has 26 heavy (non-hydrogen) atoms. The van der Waals surface area contributed by atoms with Gasteiger partial charge in [0.2, 0.25) is 0 Å². The van der Waals surface area contributed by atoms with E-state index < -0.39 is 5.97 Å². The van der Waals surface area contributed by atoms with Crippen LogP contribution in [0.25, 0.3) is 11.3 Å². The Morgan fingerprint density at radius 2 is 2.12 bits per heavy atom. The normalized spacial score (nSPS) is 10.5. The molecule has 3 N–H and O–H groups in total. The van der Waals surface area contributed by atoms with Crippen molar-refractivity contribution in [3.8, 4) is 11.3 Å². The second-order valence-corrected chi connectivity index (χ2v) is 6.04. The van der Waals surface area contributed by atoms with Crippen molar-refractivity contribution in [2.24, 2.45) is 0 Å². The number of nitrogens with zero attached hydrogens (tertiary/aromatic N) is 2. The monoisotopic (exact) mass is 362 g/mol. The maximum Gasteiger partial charge on any atom is 0.317 e. The smallest absolute Gasteiger partial charge is 0.317 e. The second kappa shape index (κ2) is 9.55. The summed E-state index contributed by atoms with van der Waals surface area (Å²) in [6.45, 7) is 0.895. The quantitative estimate of drug-likeness (QED) is 0.597.